The molecule has 0 aliphatic heterocycles. The Hall–Kier alpha value is -1.10. The molecule has 0 aliphatic rings. The molecular weight excluding hydrogens is 210 g/mol. The lowest BCUT2D eigenvalue weighted by Gasteiger charge is -2.23. The van der Waals surface area contributed by atoms with Crippen LogP contribution in [0.2, 0.25) is 0 Å². The molecule has 0 heterocycles. The molecule has 0 amide bonds. The van der Waals surface area contributed by atoms with Crippen molar-refractivity contribution in [2.75, 3.05) is 27.3 Å². The third kappa shape index (κ3) is 6.40. The monoisotopic (exact) mass is 231 g/mol. The van der Waals surface area contributed by atoms with Gasteiger partial charge in [0.1, 0.15) is 0 Å². The summed E-state index contributed by atoms with van der Waals surface area (Å²) >= 11 is 0. The highest BCUT2D eigenvalue weighted by Gasteiger charge is 2.15. The van der Waals surface area contributed by atoms with Crippen molar-refractivity contribution in [1.82, 2.24) is 4.90 Å². The fourth-order valence-corrected chi connectivity index (χ4v) is 1.21. The zero-order valence-electron chi connectivity index (χ0n) is 10.5. The van der Waals surface area contributed by atoms with Gasteiger partial charge in [0.25, 0.3) is 0 Å². The summed E-state index contributed by atoms with van der Waals surface area (Å²) < 4.78 is 9.40. The van der Waals surface area contributed by atoms with Gasteiger partial charge in [-0.2, -0.15) is 0 Å². The van der Waals surface area contributed by atoms with Crippen LogP contribution in [-0.4, -0.2) is 50.2 Å². The average Bonchev–Trinajstić information content (AvgIpc) is 2.25. The topological polar surface area (TPSA) is 55.8 Å². The van der Waals surface area contributed by atoms with E-state index in [1.807, 2.05) is 18.9 Å². The summed E-state index contributed by atoms with van der Waals surface area (Å²) in [6.07, 6.45) is 0.672. The first-order valence-corrected chi connectivity index (χ1v) is 5.43. The van der Waals surface area contributed by atoms with Crippen LogP contribution in [0.15, 0.2) is 0 Å². The van der Waals surface area contributed by atoms with E-state index in [2.05, 4.69) is 4.74 Å². The summed E-state index contributed by atoms with van der Waals surface area (Å²) in [5.41, 5.74) is 0. The number of ether oxygens (including phenoxy) is 2. The van der Waals surface area contributed by atoms with Gasteiger partial charge in [-0.05, 0) is 20.9 Å². The third-order valence-electron chi connectivity index (χ3n) is 2.42. The van der Waals surface area contributed by atoms with Crippen LogP contribution in [0.4, 0.5) is 0 Å². The Bertz CT molecular complexity index is 230. The van der Waals surface area contributed by atoms with Crippen LogP contribution in [0.5, 0.6) is 0 Å². The van der Waals surface area contributed by atoms with Gasteiger partial charge in [-0.15, -0.1) is 0 Å². The first kappa shape index (κ1) is 14.9. The summed E-state index contributed by atoms with van der Waals surface area (Å²) in [6, 6.07) is 0.0590. The molecule has 5 nitrogen and oxygen atoms in total. The first-order valence-electron chi connectivity index (χ1n) is 5.43. The maximum Gasteiger partial charge on any atom is 0.307 e. The molecule has 94 valence electrons. The van der Waals surface area contributed by atoms with Crippen molar-refractivity contribution in [1.29, 1.82) is 0 Å². The van der Waals surface area contributed by atoms with Gasteiger partial charge in [-0.1, -0.05) is 0 Å². The van der Waals surface area contributed by atoms with Gasteiger partial charge >= 0.3 is 11.9 Å². The molecule has 0 bridgehead atoms. The number of nitrogens with zero attached hydrogens (tertiary/aromatic N) is 1. The molecule has 0 saturated heterocycles. The van der Waals surface area contributed by atoms with E-state index < -0.39 is 0 Å². The lowest BCUT2D eigenvalue weighted by atomic mass is 10.2. The molecule has 0 N–H and O–H groups in total. The summed E-state index contributed by atoms with van der Waals surface area (Å²) in [4.78, 5) is 24.1. The van der Waals surface area contributed by atoms with Gasteiger partial charge in [0.2, 0.25) is 0 Å². The predicted molar refractivity (Wildman–Crippen MR) is 60.0 cm³/mol. The van der Waals surface area contributed by atoms with E-state index in [-0.39, 0.29) is 18.0 Å². The number of carbonyl (C=O) groups is 2. The molecule has 0 radical (unpaired) electrons. The Morgan fingerprint density at radius 3 is 2.44 bits per heavy atom. The zero-order chi connectivity index (χ0) is 12.6. The molecule has 0 spiro atoms. The van der Waals surface area contributed by atoms with Gasteiger partial charge in [0.15, 0.2) is 0 Å². The number of carbonyl (C=O) groups excluding carboxylic acids is 2. The highest BCUT2D eigenvalue weighted by Crippen LogP contribution is 2.03. The van der Waals surface area contributed by atoms with Crippen LogP contribution in [-0.2, 0) is 19.1 Å². The van der Waals surface area contributed by atoms with Crippen molar-refractivity contribution in [3.05, 3.63) is 0 Å². The van der Waals surface area contributed by atoms with Crippen LogP contribution >= 0.6 is 0 Å². The van der Waals surface area contributed by atoms with Crippen molar-refractivity contribution >= 4 is 11.9 Å². The minimum Gasteiger partial charge on any atom is -0.469 e. The standard InChI is InChI=1S/C11H21NO4/c1-5-16-11(14)8-9(2)12(3)7-6-10(13)15-4/h9H,5-8H2,1-4H3. The lowest BCUT2D eigenvalue weighted by Crippen LogP contribution is -2.33. The molecule has 16 heavy (non-hydrogen) atoms. The molecule has 0 fully saturated rings. The first-order chi connectivity index (χ1) is 7.51. The van der Waals surface area contributed by atoms with Crippen LogP contribution in [0.3, 0.4) is 0 Å². The second-order valence-corrected chi connectivity index (χ2v) is 3.66. The summed E-state index contributed by atoms with van der Waals surface area (Å²) in [7, 11) is 3.23. The van der Waals surface area contributed by atoms with Crippen LogP contribution < -0.4 is 0 Å². The number of hydrogen-bond donors (Lipinski definition) is 0. The summed E-state index contributed by atoms with van der Waals surface area (Å²) in [5, 5.41) is 0. The van der Waals surface area contributed by atoms with Crippen LogP contribution in [0.1, 0.15) is 26.7 Å². The second kappa shape index (κ2) is 8.10. The molecular formula is C11H21NO4. The Morgan fingerprint density at radius 2 is 1.94 bits per heavy atom. The van der Waals surface area contributed by atoms with Crippen molar-refractivity contribution in [3.8, 4) is 0 Å². The van der Waals surface area contributed by atoms with Crippen molar-refractivity contribution in [3.63, 3.8) is 0 Å². The quantitative estimate of drug-likeness (QED) is 0.607. The number of methoxy groups -OCH3 is 1. The van der Waals surface area contributed by atoms with E-state index in [0.717, 1.165) is 0 Å². The van der Waals surface area contributed by atoms with E-state index >= 15 is 0 Å². The molecule has 0 aliphatic carbocycles. The van der Waals surface area contributed by atoms with Gasteiger partial charge in [0.05, 0.1) is 26.6 Å². The summed E-state index contributed by atoms with van der Waals surface area (Å²) in [6.45, 7) is 4.68. The molecule has 5 heteroatoms. The molecule has 0 aromatic carbocycles. The molecule has 0 saturated carbocycles. The van der Waals surface area contributed by atoms with E-state index in [9.17, 15) is 9.59 Å². The van der Waals surface area contributed by atoms with Gasteiger partial charge in [-0.25, -0.2) is 0 Å². The Kier molecular flexibility index (Phi) is 7.54. The SMILES string of the molecule is CCOC(=O)CC(C)N(C)CCC(=O)OC. The van der Waals surface area contributed by atoms with E-state index in [1.54, 1.807) is 6.92 Å². The van der Waals surface area contributed by atoms with Crippen molar-refractivity contribution in [2.24, 2.45) is 0 Å². The van der Waals surface area contributed by atoms with E-state index in [4.69, 9.17) is 4.74 Å². The molecule has 0 aromatic rings. The number of rotatable bonds is 7. The highest BCUT2D eigenvalue weighted by molar-refractivity contribution is 5.70. The van der Waals surface area contributed by atoms with Gasteiger partial charge in [0, 0.05) is 12.6 Å². The average molecular weight is 231 g/mol. The summed E-state index contributed by atoms with van der Waals surface area (Å²) in [5.74, 6) is -0.449. The highest BCUT2D eigenvalue weighted by atomic mass is 16.5. The largest absolute Gasteiger partial charge is 0.469 e. The zero-order valence-corrected chi connectivity index (χ0v) is 10.5. The fourth-order valence-electron chi connectivity index (χ4n) is 1.21. The Balaban J connectivity index is 3.84. The molecule has 0 rings (SSSR count). The minimum atomic E-state index is -0.241. The predicted octanol–water partition coefficient (Wildman–Crippen LogP) is 0.823. The third-order valence-corrected chi connectivity index (χ3v) is 2.42. The van der Waals surface area contributed by atoms with Gasteiger partial charge < -0.3 is 14.4 Å². The minimum absolute atomic E-state index is 0.0590. The Morgan fingerprint density at radius 1 is 1.31 bits per heavy atom. The molecule has 1 atom stereocenters. The normalized spacial score (nSPS) is 12.3. The number of hydrogen-bond acceptors (Lipinski definition) is 5. The maximum absolute atomic E-state index is 11.2. The number of esters is 2. The maximum atomic E-state index is 11.2. The second-order valence-electron chi connectivity index (χ2n) is 3.66. The van der Waals surface area contributed by atoms with Gasteiger partial charge in [-0.3, -0.25) is 9.59 Å². The molecule has 1 unspecified atom stereocenters. The van der Waals surface area contributed by atoms with Crippen LogP contribution in [0, 0.1) is 0 Å². The lowest BCUT2D eigenvalue weighted by molar-refractivity contribution is -0.144. The molecule has 0 aromatic heterocycles. The van der Waals surface area contributed by atoms with Crippen molar-refractivity contribution in [2.45, 2.75) is 32.7 Å². The van der Waals surface area contributed by atoms with E-state index in [0.29, 0.717) is 26.0 Å². The van der Waals surface area contributed by atoms with Crippen LogP contribution in [0.25, 0.3) is 0 Å². The Labute approximate surface area is 96.7 Å². The smallest absolute Gasteiger partial charge is 0.307 e. The van der Waals surface area contributed by atoms with E-state index in [1.165, 1.54) is 7.11 Å². The fraction of sp³-hybridized carbons (Fsp3) is 0.818. The van der Waals surface area contributed by atoms with Crippen molar-refractivity contribution < 1.29 is 19.1 Å².